The summed E-state index contributed by atoms with van der Waals surface area (Å²) in [5, 5.41) is 24.1. The number of hydrazine groups is 1. The van der Waals surface area contributed by atoms with Gasteiger partial charge in [-0.05, 0) is 23.3 Å². The molecule has 0 fully saturated rings. The molecule has 13 heteroatoms. The molecule has 0 unspecified atom stereocenters. The summed E-state index contributed by atoms with van der Waals surface area (Å²) in [5.41, 5.74) is 2.23. The minimum Gasteiger partial charge on any atom is -0.494 e. The molecular weight excluding hydrogens is 396 g/mol. The van der Waals surface area contributed by atoms with Crippen molar-refractivity contribution in [2.24, 2.45) is 5.11 Å². The van der Waals surface area contributed by atoms with Crippen LogP contribution in [0.2, 0.25) is 0 Å². The Morgan fingerprint density at radius 3 is 2.43 bits per heavy atom. The highest BCUT2D eigenvalue weighted by molar-refractivity contribution is 7.85. The number of ether oxygens (including phenoxy) is 1. The summed E-state index contributed by atoms with van der Waals surface area (Å²) in [6.07, 6.45) is 0. The normalized spacial score (nSPS) is 11.8. The van der Waals surface area contributed by atoms with Crippen LogP contribution in [0.25, 0.3) is 0 Å². The smallest absolute Gasteiger partial charge is 0.342 e. The van der Waals surface area contributed by atoms with Crippen molar-refractivity contribution in [3.8, 4) is 5.75 Å². The molecule has 0 saturated carbocycles. The Kier molecular flexibility index (Phi) is 5.90. The first-order valence-corrected chi connectivity index (χ1v) is 8.86. The van der Waals surface area contributed by atoms with Crippen molar-refractivity contribution in [2.45, 2.75) is 4.90 Å². The molecule has 0 radical (unpaired) electrons. The van der Waals surface area contributed by atoms with E-state index in [2.05, 4.69) is 10.5 Å². The van der Waals surface area contributed by atoms with Gasteiger partial charge in [-0.1, -0.05) is 0 Å². The Labute approximate surface area is 158 Å². The van der Waals surface area contributed by atoms with Crippen LogP contribution in [0, 0.1) is 10.1 Å². The maximum Gasteiger partial charge on any atom is 0.342 e. The second-order valence-corrected chi connectivity index (χ2v) is 6.65. The van der Waals surface area contributed by atoms with Crippen LogP contribution in [0.4, 0.5) is 17.1 Å². The molecule has 0 atom stereocenters. The fourth-order valence-electron chi connectivity index (χ4n) is 2.25. The van der Waals surface area contributed by atoms with Gasteiger partial charge in [0.05, 0.1) is 30.0 Å². The van der Waals surface area contributed by atoms with Gasteiger partial charge in [0.15, 0.2) is 5.75 Å². The summed E-state index contributed by atoms with van der Waals surface area (Å²) in [4.78, 5) is 22.2. The van der Waals surface area contributed by atoms with E-state index < -0.39 is 31.5 Å². The maximum absolute atomic E-state index is 11.5. The number of nitrogens with zero attached hydrogens (tertiary/aromatic N) is 3. The monoisotopic (exact) mass is 411 g/mol. The average molecular weight is 411 g/mol. The lowest BCUT2D eigenvalue weighted by Crippen LogP contribution is -2.16. The SMILES string of the molecule is CN=[N+](Nc1ccc([N+](=O)[O-])cc1OC)c1ccc(S(=O)(=O)O)cc1C(=O)O. The molecule has 0 heterocycles. The van der Waals surface area contributed by atoms with Crippen LogP contribution in [-0.2, 0) is 10.1 Å². The molecule has 0 aliphatic carbocycles. The molecule has 0 amide bonds. The molecule has 0 aromatic heterocycles. The number of nitro benzene ring substituents is 1. The quantitative estimate of drug-likeness (QED) is 0.203. The van der Waals surface area contributed by atoms with E-state index in [4.69, 9.17) is 9.29 Å². The number of azo groups is 1. The third-order valence-electron chi connectivity index (χ3n) is 3.55. The van der Waals surface area contributed by atoms with E-state index in [1.54, 1.807) is 0 Å². The van der Waals surface area contributed by atoms with Crippen LogP contribution in [0.3, 0.4) is 0 Å². The van der Waals surface area contributed by atoms with Crippen LogP contribution >= 0.6 is 0 Å². The summed E-state index contributed by atoms with van der Waals surface area (Å²) in [6, 6.07) is 6.62. The predicted octanol–water partition coefficient (Wildman–Crippen LogP) is 2.30. The first kappa shape index (κ1) is 20.7. The van der Waals surface area contributed by atoms with Gasteiger partial charge in [0, 0.05) is 16.9 Å². The third kappa shape index (κ3) is 4.39. The van der Waals surface area contributed by atoms with E-state index >= 15 is 0 Å². The lowest BCUT2D eigenvalue weighted by atomic mass is 10.2. The van der Waals surface area contributed by atoms with Gasteiger partial charge in [-0.2, -0.15) is 8.42 Å². The predicted molar refractivity (Wildman–Crippen MR) is 94.8 cm³/mol. The highest BCUT2D eigenvalue weighted by Crippen LogP contribution is 2.31. The number of methoxy groups -OCH3 is 1. The highest BCUT2D eigenvalue weighted by atomic mass is 32.2. The molecule has 0 saturated heterocycles. The first-order valence-electron chi connectivity index (χ1n) is 7.42. The van der Waals surface area contributed by atoms with Crippen LogP contribution in [0.15, 0.2) is 46.4 Å². The molecule has 28 heavy (non-hydrogen) atoms. The molecule has 0 bridgehead atoms. The van der Waals surface area contributed by atoms with Crippen molar-refractivity contribution >= 4 is 33.1 Å². The number of carbonyl (C=O) groups is 1. The number of hydrogen-bond acceptors (Lipinski definition) is 7. The van der Waals surface area contributed by atoms with Gasteiger partial charge in [0.25, 0.3) is 21.5 Å². The van der Waals surface area contributed by atoms with Crippen molar-refractivity contribution in [2.75, 3.05) is 19.6 Å². The van der Waals surface area contributed by atoms with Crippen molar-refractivity contribution < 1.29 is 37.3 Å². The van der Waals surface area contributed by atoms with Gasteiger partial charge >= 0.3 is 5.97 Å². The van der Waals surface area contributed by atoms with Crippen molar-refractivity contribution in [1.29, 1.82) is 0 Å². The summed E-state index contributed by atoms with van der Waals surface area (Å²) < 4.78 is 36.7. The zero-order chi connectivity index (χ0) is 21.1. The number of rotatable bonds is 7. The third-order valence-corrected chi connectivity index (χ3v) is 4.40. The number of carboxylic acids is 1. The Bertz CT molecular complexity index is 1080. The van der Waals surface area contributed by atoms with Crippen molar-refractivity contribution in [3.05, 3.63) is 52.1 Å². The molecule has 0 aliphatic heterocycles. The minimum absolute atomic E-state index is 0.0530. The number of non-ortho nitro benzene ring substituents is 1. The van der Waals surface area contributed by atoms with Gasteiger partial charge < -0.3 is 9.84 Å². The Balaban J connectivity index is 2.53. The Morgan fingerprint density at radius 1 is 1.25 bits per heavy atom. The van der Waals surface area contributed by atoms with Gasteiger partial charge in [0.2, 0.25) is 0 Å². The molecule has 2 aromatic carbocycles. The molecule has 0 aliphatic rings. The van der Waals surface area contributed by atoms with Crippen LogP contribution in [0.1, 0.15) is 10.4 Å². The number of benzene rings is 2. The highest BCUT2D eigenvalue weighted by Gasteiger charge is 2.26. The van der Waals surface area contributed by atoms with E-state index in [-0.39, 0.29) is 22.8 Å². The number of carboxylic acid groups (broad SMARTS) is 1. The van der Waals surface area contributed by atoms with Crippen LogP contribution in [0.5, 0.6) is 5.75 Å². The zero-order valence-corrected chi connectivity index (χ0v) is 15.4. The average Bonchev–Trinajstić information content (AvgIpc) is 2.64. The number of aromatic carboxylic acids is 1. The van der Waals surface area contributed by atoms with Crippen LogP contribution < -0.4 is 10.2 Å². The summed E-state index contributed by atoms with van der Waals surface area (Å²) >= 11 is 0. The van der Waals surface area contributed by atoms with Crippen molar-refractivity contribution in [3.63, 3.8) is 0 Å². The van der Waals surface area contributed by atoms with Crippen LogP contribution in [-0.4, -0.2) is 47.9 Å². The van der Waals surface area contributed by atoms with Gasteiger partial charge in [-0.25, -0.2) is 4.79 Å². The molecular formula is C15H15N4O8S+. The summed E-state index contributed by atoms with van der Waals surface area (Å²) in [6.45, 7) is 0. The zero-order valence-electron chi connectivity index (χ0n) is 14.6. The minimum atomic E-state index is -4.61. The van der Waals surface area contributed by atoms with Gasteiger partial charge in [-0.3, -0.25) is 14.7 Å². The second-order valence-electron chi connectivity index (χ2n) is 5.22. The van der Waals surface area contributed by atoms with E-state index in [0.29, 0.717) is 0 Å². The second kappa shape index (κ2) is 7.98. The maximum atomic E-state index is 11.5. The largest absolute Gasteiger partial charge is 0.494 e. The molecule has 2 aromatic rings. The molecule has 0 spiro atoms. The lowest BCUT2D eigenvalue weighted by molar-refractivity contribution is -0.480. The topological polar surface area (TPSA) is 171 Å². The van der Waals surface area contributed by atoms with Gasteiger partial charge in [0.1, 0.15) is 11.3 Å². The first-order chi connectivity index (χ1) is 13.1. The standard InChI is InChI=1S/C15H14N4O8S/c1-16-18(17-12-5-3-9(19(22)23)7-14(12)27-2)13-6-4-10(28(24,25)26)8-11(13)15(20)21/h3-8H,1-2H3,(H2-,16,17,20,21,24,25,26)/p+1. The molecule has 148 valence electrons. The molecule has 12 nitrogen and oxygen atoms in total. The fourth-order valence-corrected chi connectivity index (χ4v) is 2.76. The Morgan fingerprint density at radius 2 is 1.93 bits per heavy atom. The van der Waals surface area contributed by atoms with E-state index in [9.17, 15) is 28.4 Å². The number of nitrogens with one attached hydrogen (secondary N) is 1. The number of hydrogen-bond donors (Lipinski definition) is 3. The van der Waals surface area contributed by atoms with Crippen molar-refractivity contribution in [1.82, 2.24) is 0 Å². The molecule has 3 N–H and O–H groups in total. The lowest BCUT2D eigenvalue weighted by Gasteiger charge is -2.09. The summed E-state index contributed by atoms with van der Waals surface area (Å²) in [5.74, 6) is -1.37. The van der Waals surface area contributed by atoms with Gasteiger partial charge in [-0.15, -0.1) is 5.43 Å². The fraction of sp³-hybridized carbons (Fsp3) is 0.133. The Hall–Kier alpha value is -3.58. The van der Waals surface area contributed by atoms with E-state index in [1.807, 2.05) is 0 Å². The number of nitro groups is 1. The van der Waals surface area contributed by atoms with E-state index in [1.165, 1.54) is 26.3 Å². The number of anilines is 1. The molecule has 2 rings (SSSR count). The van der Waals surface area contributed by atoms with E-state index in [0.717, 1.165) is 29.1 Å². The summed E-state index contributed by atoms with van der Waals surface area (Å²) in [7, 11) is -1.99.